The van der Waals surface area contributed by atoms with Crippen LogP contribution in [0.3, 0.4) is 0 Å². The van der Waals surface area contributed by atoms with E-state index in [1.807, 2.05) is 0 Å². The van der Waals surface area contributed by atoms with Crippen molar-refractivity contribution in [2.24, 2.45) is 0 Å². The molecule has 0 saturated heterocycles. The molecule has 0 aliphatic heterocycles. The monoisotopic (exact) mass is 1090 g/mol. The zero-order chi connectivity index (χ0) is 35.3. The summed E-state index contributed by atoms with van der Waals surface area (Å²) < 4.78 is 17.1. The molecule has 4 nitrogen and oxygen atoms in total. The third kappa shape index (κ3) is 88.3. The Morgan fingerprint density at radius 3 is 0.467 bits per heavy atom. The molecule has 0 heterocycles. The van der Waals surface area contributed by atoms with Gasteiger partial charge in [-0.2, -0.15) is 0 Å². The van der Waals surface area contributed by atoms with E-state index in [0.29, 0.717) is 0 Å². The largest absolute Gasteiger partial charge is 3.00 e. The molecule has 0 radical (unpaired) electrons. The van der Waals surface area contributed by atoms with Crippen LogP contribution in [0.5, 0.6) is 0 Å². The molecule has 0 saturated carbocycles. The second kappa shape index (κ2) is 29.2. The van der Waals surface area contributed by atoms with Gasteiger partial charge in [0.1, 0.15) is 16.5 Å². The Labute approximate surface area is 347 Å². The van der Waals surface area contributed by atoms with Gasteiger partial charge in [-0.3, -0.25) is 0 Å². The minimum absolute atomic E-state index is 0. The predicted octanol–water partition coefficient (Wildman–Crippen LogP) is 15.5. The van der Waals surface area contributed by atoms with Crippen LogP contribution in [0.4, 0.5) is 0 Å². The molecule has 0 spiro atoms. The Morgan fingerprint density at radius 2 is 0.467 bits per heavy atom. The molecule has 0 amide bonds. The summed E-state index contributed by atoms with van der Waals surface area (Å²) in [5, 5.41) is 0. The van der Waals surface area contributed by atoms with E-state index in [1.54, 1.807) is 0 Å². The minimum atomic E-state index is -2.31. The zero-order valence-corrected chi connectivity index (χ0v) is 51.6. The molecule has 0 atom stereocenters. The molecule has 0 rings (SSSR count). The molecule has 0 aromatic rings. The van der Waals surface area contributed by atoms with E-state index in [-0.39, 0.29) is 57.9 Å². The van der Waals surface area contributed by atoms with Crippen molar-refractivity contribution in [2.75, 3.05) is 7.05 Å². The average Bonchev–Trinajstić information content (AvgIpc) is 2.41. The van der Waals surface area contributed by atoms with Crippen LogP contribution in [-0.2, 0) is 0 Å². The Bertz CT molecular complexity index is 546. The van der Waals surface area contributed by atoms with E-state index in [1.165, 1.54) is 0 Å². The maximum atomic E-state index is 5.03. The first-order valence-electron chi connectivity index (χ1n) is 14.9. The summed E-state index contributed by atoms with van der Waals surface area (Å²) in [6.07, 6.45) is 0. The molecule has 0 bridgehead atoms. The van der Waals surface area contributed by atoms with E-state index < -0.39 is 91.5 Å². The van der Waals surface area contributed by atoms with E-state index in [2.05, 4.69) is 168 Å². The summed E-state index contributed by atoms with van der Waals surface area (Å²) in [5.74, 6) is 0. The third-order valence-electron chi connectivity index (χ3n) is 4.02. The summed E-state index contributed by atoms with van der Waals surface area (Å²) in [6, 6.07) is 0. The Kier molecular flexibility index (Phi) is 46.3. The van der Waals surface area contributed by atoms with Crippen molar-refractivity contribution in [1.29, 1.82) is 0 Å². The second-order valence-electron chi connectivity index (χ2n) is 18.5. The fourth-order valence-electron chi connectivity index (χ4n) is 4.02. The van der Waals surface area contributed by atoms with Crippen LogP contribution in [0, 0.1) is 68.7 Å². The molecule has 0 aliphatic carbocycles. The molecule has 0 aromatic heterocycles. The molecule has 0 aromatic carbocycles. The standard InChI is InChI=1S/C7H21NSi2.3C6H18NSi2.2CH4.CH3.3ClH.2La/c1-8(9(2,3)4)10(5,6)7;3*1-8(2,3)7-9(4,5)6;;;;;;;;/h1-7H3;3*1-6H3;2*1H4;1H3;3*1H;;/q;3*-1;;;-1;;;;2*+3/p-3. The van der Waals surface area contributed by atoms with Gasteiger partial charge < -0.3 is 25.6 Å². The topological polar surface area (TPSA) is 45.5 Å². The van der Waals surface area contributed by atoms with Gasteiger partial charge in [0.25, 0.3) is 0 Å². The van der Waals surface area contributed by atoms with Crippen LogP contribution in [0.2, 0.25) is 157 Å². The molecule has 45 heavy (non-hydrogen) atoms. The SMILES string of the molecule is C.C.CN([Si](C)(C)C)[Si](C)(C)C.C[Si](C)(C)[N-][Si](C)(C)C.C[Si](C)(C)[N-][Si](C)(C)C.C[Si](C)(C)[N-][Si](C)(C)C.[CH3-].[Cl][La]([Cl])[Cl].[La+3]. The molecule has 0 fully saturated rings. The maximum absolute atomic E-state index is 5.03. The van der Waals surface area contributed by atoms with Crippen LogP contribution in [0.15, 0.2) is 0 Å². The third-order valence-corrected chi connectivity index (χ3v) is 28.2. The molecule has 278 valence electrons. The number of hydrogen-bond donors (Lipinski definition) is 0. The summed E-state index contributed by atoms with van der Waals surface area (Å²) in [4.78, 5) is 0. The summed E-state index contributed by atoms with van der Waals surface area (Å²) in [5.41, 5.74) is 0. The molecule has 17 heteroatoms. The van der Waals surface area contributed by atoms with E-state index >= 15 is 0 Å². The van der Waals surface area contributed by atoms with Crippen LogP contribution in [0.1, 0.15) is 14.9 Å². The van der Waals surface area contributed by atoms with Crippen LogP contribution in [-0.4, -0.2) is 77.2 Å². The van der Waals surface area contributed by atoms with Crippen molar-refractivity contribution in [3.8, 4) is 0 Å². The number of nitrogens with zero attached hydrogens (tertiary/aromatic N) is 4. The summed E-state index contributed by atoms with van der Waals surface area (Å²) in [7, 11) is -6.35. The molecule has 0 unspecified atom stereocenters. The first-order valence-corrected chi connectivity index (χ1v) is 56.1. The molecule has 0 aliphatic rings. The average molecular weight is 1090 g/mol. The number of rotatable bonds is 8. The van der Waals surface area contributed by atoms with Gasteiger partial charge in [0.05, 0.1) is 0 Å². The number of hydrogen-bond acceptors (Lipinski definition) is 1. The van der Waals surface area contributed by atoms with Crippen LogP contribution >= 0.6 is 20.4 Å². The van der Waals surface area contributed by atoms with Gasteiger partial charge in [0, 0.05) is 0 Å². The van der Waals surface area contributed by atoms with Crippen LogP contribution in [0.25, 0.3) is 13.9 Å². The summed E-state index contributed by atoms with van der Waals surface area (Å²) >= 11 is -2.31. The van der Waals surface area contributed by atoms with Crippen molar-refractivity contribution < 1.29 is 61.3 Å². The molecule has 0 N–H and O–H groups in total. The van der Waals surface area contributed by atoms with Gasteiger partial charge in [-0.25, -0.2) is 0 Å². The minimum Gasteiger partial charge on any atom is 3.00 e. The first kappa shape index (κ1) is 71.3. The second-order valence-corrected chi connectivity index (χ2v) is 73.7. The van der Waals surface area contributed by atoms with E-state index in [0.717, 1.165) is 0 Å². The summed E-state index contributed by atoms with van der Waals surface area (Å²) in [6.45, 7) is 70.9. The molecular weight excluding hydrogens is 1000 g/mol. The van der Waals surface area contributed by atoms with Crippen molar-refractivity contribution >= 4 is 86.3 Å². The van der Waals surface area contributed by atoms with Crippen molar-refractivity contribution in [2.45, 2.75) is 172 Å². The van der Waals surface area contributed by atoms with E-state index in [4.69, 9.17) is 34.3 Å². The Hall–Kier alpha value is 4.83. The normalized spacial score (nSPS) is 12.2. The Morgan fingerprint density at radius 1 is 0.378 bits per heavy atom. The fourth-order valence-corrected chi connectivity index (χ4v) is 36.2. The van der Waals surface area contributed by atoms with Gasteiger partial charge in [0.15, 0.2) is 0 Å². The van der Waals surface area contributed by atoms with Gasteiger partial charge >= 0.3 is 81.6 Å². The van der Waals surface area contributed by atoms with E-state index in [9.17, 15) is 0 Å². The van der Waals surface area contributed by atoms with Gasteiger partial charge in [0.2, 0.25) is 0 Å². The Balaban J connectivity index is -0.0000000513. The maximum Gasteiger partial charge on any atom is 3.00 e. The zero-order valence-electron chi connectivity index (χ0n) is 34.1. The van der Waals surface area contributed by atoms with Crippen molar-refractivity contribution in [1.82, 2.24) is 4.23 Å². The van der Waals surface area contributed by atoms with Crippen LogP contribution < -0.4 is 0 Å². The van der Waals surface area contributed by atoms with Gasteiger partial charge in [-0.05, 0) is 7.05 Å². The van der Waals surface area contributed by atoms with Gasteiger partial charge in [-0.15, -0.1) is 0 Å². The first-order chi connectivity index (χ1) is 17.0. The van der Waals surface area contributed by atoms with Crippen molar-refractivity contribution in [3.63, 3.8) is 0 Å². The quantitative estimate of drug-likeness (QED) is 0.176. The fraction of sp³-hybridized carbons (Fsp3) is 0.964. The number of halogens is 3. The predicted molar refractivity (Wildman–Crippen MR) is 242 cm³/mol. The van der Waals surface area contributed by atoms with Gasteiger partial charge in [-0.1, -0.05) is 221 Å². The van der Waals surface area contributed by atoms with Crippen molar-refractivity contribution in [3.05, 3.63) is 21.4 Å². The molecular formula is C28H86Cl3La2N4Si8-. The smallest absolute Gasteiger partial charge is 3.00 e.